The maximum Gasteiger partial charge on any atom is 0.258 e. The maximum absolute atomic E-state index is 11.7. The number of hydrogen-bond acceptors (Lipinski definition) is 4. The molecule has 2 aromatic heterocycles. The molecule has 2 rings (SSSR count). The van der Waals surface area contributed by atoms with Gasteiger partial charge < -0.3 is 10.2 Å². The van der Waals surface area contributed by atoms with E-state index in [4.69, 9.17) is 0 Å². The monoisotopic (exact) mass is 231 g/mol. The summed E-state index contributed by atoms with van der Waals surface area (Å²) in [5, 5.41) is 9.03. The molecule has 6 heteroatoms. The highest BCUT2D eigenvalue weighted by Crippen LogP contribution is 2.12. The minimum Gasteiger partial charge on any atom is -0.363 e. The maximum atomic E-state index is 11.7. The number of aromatic nitrogens is 3. The highest BCUT2D eigenvalue weighted by molar-refractivity contribution is 6.03. The van der Waals surface area contributed by atoms with Gasteiger partial charge in [-0.3, -0.25) is 9.89 Å². The summed E-state index contributed by atoms with van der Waals surface area (Å²) in [6.45, 7) is 0. The standard InChI is InChI=1S/C11H13N5O/c1-16(2)10-4-3-9(7-12-10)15-11(17)8-5-13-14-6-8/h3-7H,1-2H3,(H,13,14)(H,15,17). The summed E-state index contributed by atoms with van der Waals surface area (Å²) >= 11 is 0. The van der Waals surface area contributed by atoms with E-state index in [2.05, 4.69) is 20.5 Å². The van der Waals surface area contributed by atoms with Gasteiger partial charge in [-0.2, -0.15) is 5.10 Å². The molecular formula is C11H13N5O. The van der Waals surface area contributed by atoms with Crippen LogP contribution in [-0.2, 0) is 0 Å². The lowest BCUT2D eigenvalue weighted by Gasteiger charge is -2.11. The van der Waals surface area contributed by atoms with E-state index >= 15 is 0 Å². The number of carbonyl (C=O) groups excluding carboxylic acids is 1. The molecule has 88 valence electrons. The van der Waals surface area contributed by atoms with Crippen LogP contribution in [0.4, 0.5) is 11.5 Å². The Kier molecular flexibility index (Phi) is 3.04. The van der Waals surface area contributed by atoms with Crippen molar-refractivity contribution in [1.29, 1.82) is 0 Å². The molecule has 6 nitrogen and oxygen atoms in total. The zero-order valence-electron chi connectivity index (χ0n) is 9.64. The average molecular weight is 231 g/mol. The summed E-state index contributed by atoms with van der Waals surface area (Å²) in [5.74, 6) is 0.629. The smallest absolute Gasteiger partial charge is 0.258 e. The van der Waals surface area contributed by atoms with E-state index in [-0.39, 0.29) is 5.91 Å². The number of hydrogen-bond donors (Lipinski definition) is 2. The SMILES string of the molecule is CN(C)c1ccc(NC(=O)c2cn[nH]c2)cn1. The van der Waals surface area contributed by atoms with Crippen LogP contribution in [0.25, 0.3) is 0 Å². The average Bonchev–Trinajstić information content (AvgIpc) is 2.83. The molecule has 0 spiro atoms. The Balaban J connectivity index is 2.07. The van der Waals surface area contributed by atoms with Gasteiger partial charge in [-0.25, -0.2) is 4.98 Å². The molecule has 0 saturated heterocycles. The molecule has 0 unspecified atom stereocenters. The molecule has 0 fully saturated rings. The van der Waals surface area contributed by atoms with Gasteiger partial charge in [-0.15, -0.1) is 0 Å². The molecule has 0 radical (unpaired) electrons. The summed E-state index contributed by atoms with van der Waals surface area (Å²) in [5.41, 5.74) is 1.14. The quantitative estimate of drug-likeness (QED) is 0.830. The number of rotatable bonds is 3. The van der Waals surface area contributed by atoms with E-state index in [0.29, 0.717) is 11.3 Å². The van der Waals surface area contributed by atoms with Crippen LogP contribution >= 0.6 is 0 Å². The first-order valence-electron chi connectivity index (χ1n) is 5.10. The second kappa shape index (κ2) is 4.65. The topological polar surface area (TPSA) is 73.9 Å². The lowest BCUT2D eigenvalue weighted by molar-refractivity contribution is 0.102. The largest absolute Gasteiger partial charge is 0.363 e. The third-order valence-corrected chi connectivity index (χ3v) is 2.22. The van der Waals surface area contributed by atoms with E-state index in [1.165, 1.54) is 12.4 Å². The van der Waals surface area contributed by atoms with Crippen molar-refractivity contribution in [1.82, 2.24) is 15.2 Å². The molecule has 2 heterocycles. The van der Waals surface area contributed by atoms with Crippen molar-refractivity contribution < 1.29 is 4.79 Å². The van der Waals surface area contributed by atoms with Crippen LogP contribution in [-0.4, -0.2) is 35.2 Å². The van der Waals surface area contributed by atoms with Crippen molar-refractivity contribution >= 4 is 17.4 Å². The van der Waals surface area contributed by atoms with Gasteiger partial charge in [0.05, 0.1) is 23.6 Å². The molecule has 0 aliphatic carbocycles. The van der Waals surface area contributed by atoms with Crippen molar-refractivity contribution in [2.24, 2.45) is 0 Å². The van der Waals surface area contributed by atoms with Gasteiger partial charge in [0.25, 0.3) is 5.91 Å². The molecular weight excluding hydrogens is 218 g/mol. The van der Waals surface area contributed by atoms with Gasteiger partial charge in [0.1, 0.15) is 5.82 Å². The van der Waals surface area contributed by atoms with Crippen molar-refractivity contribution in [3.63, 3.8) is 0 Å². The second-order valence-electron chi connectivity index (χ2n) is 3.74. The second-order valence-corrected chi connectivity index (χ2v) is 3.74. The van der Waals surface area contributed by atoms with E-state index in [0.717, 1.165) is 5.82 Å². The van der Waals surface area contributed by atoms with Crippen molar-refractivity contribution in [3.8, 4) is 0 Å². The Labute approximate surface area is 98.7 Å². The number of nitrogens with zero attached hydrogens (tertiary/aromatic N) is 3. The van der Waals surface area contributed by atoms with E-state index in [9.17, 15) is 4.79 Å². The third-order valence-electron chi connectivity index (χ3n) is 2.22. The minimum absolute atomic E-state index is 0.210. The summed E-state index contributed by atoms with van der Waals surface area (Å²) < 4.78 is 0. The number of H-pyrrole nitrogens is 1. The van der Waals surface area contributed by atoms with Gasteiger partial charge in [0, 0.05) is 20.3 Å². The van der Waals surface area contributed by atoms with Gasteiger partial charge in [-0.05, 0) is 12.1 Å². The molecule has 1 amide bonds. The normalized spacial score (nSPS) is 10.0. The number of nitrogens with one attached hydrogen (secondary N) is 2. The Morgan fingerprint density at radius 3 is 2.71 bits per heavy atom. The van der Waals surface area contributed by atoms with E-state index in [1.807, 2.05) is 25.1 Å². The fourth-order valence-corrected chi connectivity index (χ4v) is 1.30. The number of aromatic amines is 1. The Morgan fingerprint density at radius 2 is 2.18 bits per heavy atom. The fourth-order valence-electron chi connectivity index (χ4n) is 1.30. The van der Waals surface area contributed by atoms with Gasteiger partial charge in [-0.1, -0.05) is 0 Å². The van der Waals surface area contributed by atoms with Gasteiger partial charge >= 0.3 is 0 Å². The summed E-state index contributed by atoms with van der Waals surface area (Å²) in [7, 11) is 3.82. The fraction of sp³-hybridized carbons (Fsp3) is 0.182. The van der Waals surface area contributed by atoms with Crippen molar-refractivity contribution in [3.05, 3.63) is 36.3 Å². The summed E-state index contributed by atoms with van der Waals surface area (Å²) in [4.78, 5) is 17.8. The number of carbonyl (C=O) groups is 1. The molecule has 0 aromatic carbocycles. The predicted octanol–water partition coefficient (Wildman–Crippen LogP) is 1.12. The molecule has 0 atom stereocenters. The predicted molar refractivity (Wildman–Crippen MR) is 65.1 cm³/mol. The lowest BCUT2D eigenvalue weighted by atomic mass is 10.3. The molecule has 2 N–H and O–H groups in total. The van der Waals surface area contributed by atoms with Crippen molar-refractivity contribution in [2.75, 3.05) is 24.3 Å². The highest BCUT2D eigenvalue weighted by atomic mass is 16.1. The lowest BCUT2D eigenvalue weighted by Crippen LogP contribution is -2.13. The first kappa shape index (κ1) is 11.1. The molecule has 0 bridgehead atoms. The van der Waals surface area contributed by atoms with Crippen LogP contribution in [0.3, 0.4) is 0 Å². The van der Waals surface area contributed by atoms with Crippen LogP contribution in [0.1, 0.15) is 10.4 Å². The first-order valence-corrected chi connectivity index (χ1v) is 5.10. The van der Waals surface area contributed by atoms with E-state index in [1.54, 1.807) is 12.3 Å². The van der Waals surface area contributed by atoms with Gasteiger partial charge in [0.2, 0.25) is 0 Å². The zero-order chi connectivity index (χ0) is 12.3. The summed E-state index contributed by atoms with van der Waals surface area (Å²) in [6.07, 6.45) is 4.63. The van der Waals surface area contributed by atoms with Crippen LogP contribution in [0.2, 0.25) is 0 Å². The third kappa shape index (κ3) is 2.60. The Morgan fingerprint density at radius 1 is 1.35 bits per heavy atom. The highest BCUT2D eigenvalue weighted by Gasteiger charge is 2.07. The van der Waals surface area contributed by atoms with Crippen LogP contribution in [0.5, 0.6) is 0 Å². The van der Waals surface area contributed by atoms with Gasteiger partial charge in [0.15, 0.2) is 0 Å². The summed E-state index contributed by atoms with van der Waals surface area (Å²) in [6, 6.07) is 3.64. The first-order chi connectivity index (χ1) is 8.16. The number of anilines is 2. The molecule has 0 aliphatic rings. The van der Waals surface area contributed by atoms with E-state index < -0.39 is 0 Å². The molecule has 0 saturated carbocycles. The Hall–Kier alpha value is -2.37. The molecule has 0 aliphatic heterocycles. The minimum atomic E-state index is -0.210. The van der Waals surface area contributed by atoms with Crippen LogP contribution < -0.4 is 10.2 Å². The van der Waals surface area contributed by atoms with Crippen LogP contribution in [0, 0.1) is 0 Å². The van der Waals surface area contributed by atoms with Crippen molar-refractivity contribution in [2.45, 2.75) is 0 Å². The number of pyridine rings is 1. The molecule has 17 heavy (non-hydrogen) atoms. The number of amides is 1. The van der Waals surface area contributed by atoms with Crippen LogP contribution in [0.15, 0.2) is 30.7 Å². The Bertz CT molecular complexity index is 489. The zero-order valence-corrected chi connectivity index (χ0v) is 9.64. The molecule has 2 aromatic rings.